The fraction of sp³-hybridized carbons (Fsp3) is 1.00. The molecule has 1 fully saturated rings. The van der Waals surface area contributed by atoms with Crippen molar-refractivity contribution in [3.8, 4) is 0 Å². The Hall–Kier alpha value is -0.120. The minimum Gasteiger partial charge on any atom is -0.326 e. The van der Waals surface area contributed by atoms with Crippen molar-refractivity contribution < 1.29 is 0 Å². The fourth-order valence-electron chi connectivity index (χ4n) is 1.79. The van der Waals surface area contributed by atoms with Crippen LogP contribution in [0.2, 0.25) is 0 Å². The summed E-state index contributed by atoms with van der Waals surface area (Å²) in [6, 6.07) is 0.332. The van der Waals surface area contributed by atoms with Gasteiger partial charge in [-0.3, -0.25) is 0 Å². The SMILES string of the molecule is CC(C)[C@@H](N)CN1CCCN(C)CC1. The van der Waals surface area contributed by atoms with E-state index in [1.165, 1.54) is 32.6 Å². The Bertz CT molecular complexity index is 159. The highest BCUT2D eigenvalue weighted by Crippen LogP contribution is 2.05. The van der Waals surface area contributed by atoms with Crippen molar-refractivity contribution in [2.75, 3.05) is 39.8 Å². The van der Waals surface area contributed by atoms with E-state index in [0.29, 0.717) is 12.0 Å². The maximum absolute atomic E-state index is 6.08. The van der Waals surface area contributed by atoms with E-state index >= 15 is 0 Å². The second kappa shape index (κ2) is 5.69. The molecule has 0 radical (unpaired) electrons. The first-order valence-corrected chi connectivity index (χ1v) is 5.76. The summed E-state index contributed by atoms with van der Waals surface area (Å²) in [4.78, 5) is 4.91. The number of rotatable bonds is 3. The molecule has 1 rings (SSSR count). The first-order valence-electron chi connectivity index (χ1n) is 5.76. The molecule has 0 spiro atoms. The summed E-state index contributed by atoms with van der Waals surface area (Å²) in [6.45, 7) is 10.3. The predicted molar refractivity (Wildman–Crippen MR) is 61.4 cm³/mol. The minimum absolute atomic E-state index is 0.332. The molecule has 3 heteroatoms. The predicted octanol–water partition coefficient (Wildman–Crippen LogP) is 0.607. The standard InChI is InChI=1S/C11H25N3/c1-10(2)11(12)9-14-6-4-5-13(3)7-8-14/h10-11H,4-9,12H2,1-3H3/t11-/m0/s1. The fourth-order valence-corrected chi connectivity index (χ4v) is 1.79. The van der Waals surface area contributed by atoms with Crippen molar-refractivity contribution >= 4 is 0 Å². The van der Waals surface area contributed by atoms with Crippen LogP contribution in [0.5, 0.6) is 0 Å². The van der Waals surface area contributed by atoms with Crippen LogP contribution in [-0.4, -0.2) is 55.6 Å². The lowest BCUT2D eigenvalue weighted by Crippen LogP contribution is -2.42. The molecule has 0 aromatic carbocycles. The Balaban J connectivity index is 2.30. The van der Waals surface area contributed by atoms with E-state index in [9.17, 15) is 0 Å². The molecule has 0 bridgehead atoms. The van der Waals surface area contributed by atoms with Crippen LogP contribution in [-0.2, 0) is 0 Å². The summed E-state index contributed by atoms with van der Waals surface area (Å²) in [5.41, 5.74) is 6.08. The third-order valence-electron chi connectivity index (χ3n) is 3.14. The highest BCUT2D eigenvalue weighted by atomic mass is 15.2. The second-order valence-electron chi connectivity index (χ2n) is 4.87. The largest absolute Gasteiger partial charge is 0.326 e. The summed E-state index contributed by atoms with van der Waals surface area (Å²) >= 11 is 0. The van der Waals surface area contributed by atoms with Gasteiger partial charge >= 0.3 is 0 Å². The summed E-state index contributed by atoms with van der Waals surface area (Å²) in [5, 5.41) is 0. The highest BCUT2D eigenvalue weighted by Gasteiger charge is 2.16. The van der Waals surface area contributed by atoms with E-state index in [-0.39, 0.29) is 0 Å². The van der Waals surface area contributed by atoms with Crippen molar-refractivity contribution in [3.05, 3.63) is 0 Å². The third-order valence-corrected chi connectivity index (χ3v) is 3.14. The number of nitrogens with zero attached hydrogens (tertiary/aromatic N) is 2. The van der Waals surface area contributed by atoms with Crippen LogP contribution in [0.15, 0.2) is 0 Å². The monoisotopic (exact) mass is 199 g/mol. The number of nitrogens with two attached hydrogens (primary N) is 1. The Morgan fingerprint density at radius 3 is 2.50 bits per heavy atom. The topological polar surface area (TPSA) is 32.5 Å². The van der Waals surface area contributed by atoms with Gasteiger partial charge in [-0.25, -0.2) is 0 Å². The van der Waals surface area contributed by atoms with Crippen LogP contribution in [0.4, 0.5) is 0 Å². The molecule has 1 heterocycles. The molecular weight excluding hydrogens is 174 g/mol. The van der Waals surface area contributed by atoms with Gasteiger partial charge in [-0.1, -0.05) is 13.8 Å². The lowest BCUT2D eigenvalue weighted by molar-refractivity contribution is 0.243. The van der Waals surface area contributed by atoms with Gasteiger partial charge in [0.15, 0.2) is 0 Å². The molecular formula is C11H25N3. The Morgan fingerprint density at radius 1 is 1.14 bits per heavy atom. The van der Waals surface area contributed by atoms with E-state index in [0.717, 1.165) is 6.54 Å². The zero-order chi connectivity index (χ0) is 10.6. The van der Waals surface area contributed by atoms with Crippen LogP contribution in [0.25, 0.3) is 0 Å². The Morgan fingerprint density at radius 2 is 1.86 bits per heavy atom. The van der Waals surface area contributed by atoms with Crippen molar-refractivity contribution in [1.82, 2.24) is 9.80 Å². The van der Waals surface area contributed by atoms with Crippen molar-refractivity contribution in [3.63, 3.8) is 0 Å². The van der Waals surface area contributed by atoms with Gasteiger partial charge in [0.1, 0.15) is 0 Å². The molecule has 0 saturated carbocycles. The third kappa shape index (κ3) is 3.95. The van der Waals surface area contributed by atoms with Gasteiger partial charge in [0.25, 0.3) is 0 Å². The van der Waals surface area contributed by atoms with Gasteiger partial charge < -0.3 is 15.5 Å². The van der Waals surface area contributed by atoms with Gasteiger partial charge in [0.2, 0.25) is 0 Å². The summed E-state index contributed by atoms with van der Waals surface area (Å²) in [7, 11) is 2.20. The maximum atomic E-state index is 6.08. The number of hydrogen-bond donors (Lipinski definition) is 1. The van der Waals surface area contributed by atoms with Crippen molar-refractivity contribution in [2.24, 2.45) is 11.7 Å². The molecule has 3 nitrogen and oxygen atoms in total. The van der Waals surface area contributed by atoms with Crippen LogP contribution < -0.4 is 5.73 Å². The van der Waals surface area contributed by atoms with Crippen LogP contribution >= 0.6 is 0 Å². The van der Waals surface area contributed by atoms with Crippen molar-refractivity contribution in [1.29, 1.82) is 0 Å². The maximum Gasteiger partial charge on any atom is 0.0191 e. The van der Waals surface area contributed by atoms with E-state index in [1.807, 2.05) is 0 Å². The van der Waals surface area contributed by atoms with Crippen LogP contribution in [0.1, 0.15) is 20.3 Å². The Labute approximate surface area is 88.2 Å². The molecule has 1 saturated heterocycles. The lowest BCUT2D eigenvalue weighted by atomic mass is 10.1. The first-order chi connectivity index (χ1) is 6.59. The Kier molecular flexibility index (Phi) is 4.85. The molecule has 1 atom stereocenters. The highest BCUT2D eigenvalue weighted by molar-refractivity contribution is 4.74. The van der Waals surface area contributed by atoms with E-state index in [1.54, 1.807) is 0 Å². The van der Waals surface area contributed by atoms with Crippen molar-refractivity contribution in [2.45, 2.75) is 26.3 Å². The quantitative estimate of drug-likeness (QED) is 0.723. The van der Waals surface area contributed by atoms with Gasteiger partial charge in [0, 0.05) is 25.7 Å². The first kappa shape index (κ1) is 12.0. The summed E-state index contributed by atoms with van der Waals surface area (Å²) in [6.07, 6.45) is 1.28. The average molecular weight is 199 g/mol. The van der Waals surface area contributed by atoms with Gasteiger partial charge in [-0.15, -0.1) is 0 Å². The van der Waals surface area contributed by atoms with E-state index < -0.39 is 0 Å². The lowest BCUT2D eigenvalue weighted by Gasteiger charge is -2.25. The molecule has 0 aromatic heterocycles. The van der Waals surface area contributed by atoms with E-state index in [4.69, 9.17) is 5.73 Å². The smallest absolute Gasteiger partial charge is 0.0191 e. The molecule has 2 N–H and O–H groups in total. The molecule has 0 unspecified atom stereocenters. The van der Waals surface area contributed by atoms with Crippen LogP contribution in [0, 0.1) is 5.92 Å². The zero-order valence-corrected chi connectivity index (χ0v) is 9.87. The average Bonchev–Trinajstić information content (AvgIpc) is 2.31. The molecule has 1 aliphatic rings. The normalized spacial score (nSPS) is 23.8. The van der Waals surface area contributed by atoms with Gasteiger partial charge in [-0.05, 0) is 32.5 Å². The minimum atomic E-state index is 0.332. The number of hydrogen-bond acceptors (Lipinski definition) is 3. The second-order valence-corrected chi connectivity index (χ2v) is 4.87. The zero-order valence-electron chi connectivity index (χ0n) is 9.87. The van der Waals surface area contributed by atoms with Gasteiger partial charge in [-0.2, -0.15) is 0 Å². The summed E-state index contributed by atoms with van der Waals surface area (Å²) in [5.74, 6) is 0.594. The molecule has 0 amide bonds. The number of likely N-dealkylation sites (N-methyl/N-ethyl adjacent to an activating group) is 1. The van der Waals surface area contributed by atoms with E-state index in [2.05, 4.69) is 30.7 Å². The molecule has 0 aromatic rings. The van der Waals surface area contributed by atoms with Gasteiger partial charge in [0.05, 0.1) is 0 Å². The molecule has 0 aliphatic carbocycles. The molecule has 1 aliphatic heterocycles. The summed E-state index contributed by atoms with van der Waals surface area (Å²) < 4.78 is 0. The molecule has 14 heavy (non-hydrogen) atoms. The van der Waals surface area contributed by atoms with Crippen LogP contribution in [0.3, 0.4) is 0 Å². The molecule has 84 valence electrons.